The summed E-state index contributed by atoms with van der Waals surface area (Å²) >= 11 is 0. The number of fused-ring (bicyclic) bond motifs is 1. The van der Waals surface area contributed by atoms with E-state index in [9.17, 15) is 4.79 Å². The number of nitrogens with two attached hydrogens (primary N) is 1. The van der Waals surface area contributed by atoms with Crippen molar-refractivity contribution in [3.05, 3.63) is 30.5 Å². The predicted octanol–water partition coefficient (Wildman–Crippen LogP) is 1.54. The number of anilines is 2. The van der Waals surface area contributed by atoms with Gasteiger partial charge in [-0.05, 0) is 25.5 Å². The van der Waals surface area contributed by atoms with Gasteiger partial charge in [0.15, 0.2) is 11.5 Å². The average molecular weight is 341 g/mol. The largest absolute Gasteiger partial charge is 0.476 e. The molecule has 3 aromatic heterocycles. The van der Waals surface area contributed by atoms with E-state index in [1.807, 2.05) is 19.9 Å². The van der Waals surface area contributed by atoms with Crippen LogP contribution in [0.1, 0.15) is 18.9 Å². The molecule has 0 aliphatic heterocycles. The summed E-state index contributed by atoms with van der Waals surface area (Å²) in [7, 11) is 0. The van der Waals surface area contributed by atoms with Gasteiger partial charge in [0.05, 0.1) is 12.9 Å². The molecule has 3 rings (SSSR count). The van der Waals surface area contributed by atoms with Gasteiger partial charge < -0.3 is 20.4 Å². The monoisotopic (exact) mass is 341 g/mol. The Balaban J connectivity index is 1.69. The SMILES string of the molecule is CCOc1ncc(C)cc1NC(=O)CCn1cnc2c(N)ncnc21. The first-order valence-electron chi connectivity index (χ1n) is 7.89. The summed E-state index contributed by atoms with van der Waals surface area (Å²) in [6.07, 6.45) is 4.92. The Hall–Kier alpha value is -3.23. The lowest BCUT2D eigenvalue weighted by Gasteiger charge is -2.11. The first kappa shape index (κ1) is 16.6. The van der Waals surface area contributed by atoms with Gasteiger partial charge in [-0.1, -0.05) is 0 Å². The molecule has 1 amide bonds. The Labute approximate surface area is 144 Å². The van der Waals surface area contributed by atoms with Crippen LogP contribution in [0.15, 0.2) is 24.9 Å². The van der Waals surface area contributed by atoms with Crippen molar-refractivity contribution in [3.8, 4) is 5.88 Å². The van der Waals surface area contributed by atoms with Crippen molar-refractivity contribution in [3.63, 3.8) is 0 Å². The third kappa shape index (κ3) is 3.65. The number of pyridine rings is 1. The lowest BCUT2D eigenvalue weighted by molar-refractivity contribution is -0.116. The predicted molar refractivity (Wildman–Crippen MR) is 93.1 cm³/mol. The molecular formula is C16H19N7O2. The molecule has 0 fully saturated rings. The number of aryl methyl sites for hydroxylation is 2. The van der Waals surface area contributed by atoms with Crippen LogP contribution < -0.4 is 15.8 Å². The number of nitrogens with one attached hydrogen (secondary N) is 1. The van der Waals surface area contributed by atoms with Crippen molar-refractivity contribution in [2.24, 2.45) is 0 Å². The van der Waals surface area contributed by atoms with Crippen LogP contribution in [0.3, 0.4) is 0 Å². The normalized spacial score (nSPS) is 10.8. The van der Waals surface area contributed by atoms with Gasteiger partial charge in [-0.15, -0.1) is 0 Å². The van der Waals surface area contributed by atoms with Crippen molar-refractivity contribution in [2.75, 3.05) is 17.7 Å². The topological polar surface area (TPSA) is 121 Å². The number of hydrogen-bond donors (Lipinski definition) is 2. The molecular weight excluding hydrogens is 322 g/mol. The minimum absolute atomic E-state index is 0.155. The van der Waals surface area contributed by atoms with Crippen molar-refractivity contribution < 1.29 is 9.53 Å². The van der Waals surface area contributed by atoms with Gasteiger partial charge in [-0.3, -0.25) is 4.79 Å². The standard InChI is InChI=1S/C16H19N7O2/c1-3-25-16-11(6-10(2)7-18-16)22-12(24)4-5-23-9-21-13-14(17)19-8-20-15(13)23/h6-9H,3-5H2,1-2H3,(H,22,24)(H2,17,19,20). The molecule has 0 radical (unpaired) electrons. The van der Waals surface area contributed by atoms with Gasteiger partial charge in [0.25, 0.3) is 0 Å². The fraction of sp³-hybridized carbons (Fsp3) is 0.312. The van der Waals surface area contributed by atoms with E-state index in [1.165, 1.54) is 6.33 Å². The maximum atomic E-state index is 12.3. The van der Waals surface area contributed by atoms with E-state index in [4.69, 9.17) is 10.5 Å². The second-order valence-corrected chi connectivity index (χ2v) is 5.47. The maximum Gasteiger partial charge on any atom is 0.237 e. The van der Waals surface area contributed by atoms with Crippen LogP contribution in [0.4, 0.5) is 11.5 Å². The molecule has 9 heteroatoms. The van der Waals surface area contributed by atoms with E-state index >= 15 is 0 Å². The van der Waals surface area contributed by atoms with Crippen molar-refractivity contribution >= 4 is 28.6 Å². The lowest BCUT2D eigenvalue weighted by Crippen LogP contribution is -2.15. The number of hydrogen-bond acceptors (Lipinski definition) is 7. The van der Waals surface area contributed by atoms with Gasteiger partial charge in [0, 0.05) is 19.2 Å². The summed E-state index contributed by atoms with van der Waals surface area (Å²) in [5.41, 5.74) is 8.40. The number of carbonyl (C=O) groups excluding carboxylic acids is 1. The Morgan fingerprint density at radius 2 is 2.16 bits per heavy atom. The molecule has 9 nitrogen and oxygen atoms in total. The Morgan fingerprint density at radius 1 is 1.32 bits per heavy atom. The van der Waals surface area contributed by atoms with Gasteiger partial charge in [-0.2, -0.15) is 0 Å². The van der Waals surface area contributed by atoms with E-state index in [0.29, 0.717) is 41.7 Å². The lowest BCUT2D eigenvalue weighted by atomic mass is 10.2. The third-order valence-electron chi connectivity index (χ3n) is 3.55. The summed E-state index contributed by atoms with van der Waals surface area (Å²) in [4.78, 5) is 28.7. The molecule has 0 aliphatic carbocycles. The zero-order valence-electron chi connectivity index (χ0n) is 14.1. The second-order valence-electron chi connectivity index (χ2n) is 5.47. The van der Waals surface area contributed by atoms with Gasteiger partial charge in [-0.25, -0.2) is 19.9 Å². The minimum Gasteiger partial charge on any atom is -0.476 e. The number of rotatable bonds is 6. The highest BCUT2D eigenvalue weighted by Crippen LogP contribution is 2.23. The van der Waals surface area contributed by atoms with Gasteiger partial charge >= 0.3 is 0 Å². The van der Waals surface area contributed by atoms with Crippen LogP contribution in [-0.4, -0.2) is 37.0 Å². The third-order valence-corrected chi connectivity index (χ3v) is 3.55. The van der Waals surface area contributed by atoms with Crippen LogP contribution in [0.25, 0.3) is 11.2 Å². The highest BCUT2D eigenvalue weighted by Gasteiger charge is 2.12. The van der Waals surface area contributed by atoms with Crippen LogP contribution in [0.5, 0.6) is 5.88 Å². The highest BCUT2D eigenvalue weighted by atomic mass is 16.5. The Morgan fingerprint density at radius 3 is 2.96 bits per heavy atom. The van der Waals surface area contributed by atoms with E-state index in [2.05, 4.69) is 25.3 Å². The molecule has 0 aliphatic rings. The van der Waals surface area contributed by atoms with Crippen LogP contribution >= 0.6 is 0 Å². The molecule has 25 heavy (non-hydrogen) atoms. The molecule has 0 saturated heterocycles. The average Bonchev–Trinajstić information content (AvgIpc) is 3.00. The fourth-order valence-electron chi connectivity index (χ4n) is 2.40. The van der Waals surface area contributed by atoms with Crippen molar-refractivity contribution in [2.45, 2.75) is 26.8 Å². The summed E-state index contributed by atoms with van der Waals surface area (Å²) in [6.45, 7) is 4.66. The molecule has 0 bridgehead atoms. The summed E-state index contributed by atoms with van der Waals surface area (Å²) in [5, 5.41) is 2.84. The zero-order valence-corrected chi connectivity index (χ0v) is 14.1. The van der Waals surface area contributed by atoms with Gasteiger partial charge in [0.2, 0.25) is 11.8 Å². The molecule has 3 N–H and O–H groups in total. The van der Waals surface area contributed by atoms with E-state index in [-0.39, 0.29) is 12.3 Å². The second kappa shape index (κ2) is 7.12. The summed E-state index contributed by atoms with van der Waals surface area (Å²) in [5.74, 6) is 0.577. The fourth-order valence-corrected chi connectivity index (χ4v) is 2.40. The zero-order chi connectivity index (χ0) is 17.8. The number of nitrogen functional groups attached to an aromatic ring is 1. The molecule has 3 aromatic rings. The number of aromatic nitrogens is 5. The number of nitrogens with zero attached hydrogens (tertiary/aromatic N) is 5. The van der Waals surface area contributed by atoms with E-state index in [0.717, 1.165) is 5.56 Å². The molecule has 0 unspecified atom stereocenters. The molecule has 0 saturated carbocycles. The molecule has 0 spiro atoms. The molecule has 3 heterocycles. The van der Waals surface area contributed by atoms with Crippen LogP contribution in [0, 0.1) is 6.92 Å². The van der Waals surface area contributed by atoms with E-state index < -0.39 is 0 Å². The first-order chi connectivity index (χ1) is 12.1. The summed E-state index contributed by atoms with van der Waals surface area (Å²) < 4.78 is 7.21. The molecule has 130 valence electrons. The Kier molecular flexibility index (Phi) is 4.73. The molecule has 0 aromatic carbocycles. The van der Waals surface area contributed by atoms with Crippen LogP contribution in [0.2, 0.25) is 0 Å². The summed E-state index contributed by atoms with van der Waals surface area (Å²) in [6, 6.07) is 1.83. The maximum absolute atomic E-state index is 12.3. The van der Waals surface area contributed by atoms with Crippen LogP contribution in [-0.2, 0) is 11.3 Å². The number of imidazole rings is 1. The molecule has 0 atom stereocenters. The van der Waals surface area contributed by atoms with Gasteiger partial charge in [0.1, 0.15) is 17.5 Å². The first-order valence-corrected chi connectivity index (χ1v) is 7.89. The van der Waals surface area contributed by atoms with Crippen molar-refractivity contribution in [1.82, 2.24) is 24.5 Å². The van der Waals surface area contributed by atoms with Crippen molar-refractivity contribution in [1.29, 1.82) is 0 Å². The smallest absolute Gasteiger partial charge is 0.237 e. The number of carbonyl (C=O) groups is 1. The Bertz CT molecular complexity index is 907. The minimum atomic E-state index is -0.155. The number of amides is 1. The highest BCUT2D eigenvalue weighted by molar-refractivity contribution is 5.92. The van der Waals surface area contributed by atoms with E-state index in [1.54, 1.807) is 17.1 Å². The number of ether oxygens (including phenoxy) is 1. The quantitative estimate of drug-likeness (QED) is 0.697.